The molecule has 8 heteroatoms. The Morgan fingerprint density at radius 1 is 1.56 bits per heavy atom. The molecule has 0 bridgehead atoms. The second kappa shape index (κ2) is 7.25. The number of unbranched alkanes of at least 4 members (excludes halogenated alkanes) is 1. The van der Waals surface area contributed by atoms with Gasteiger partial charge in [0, 0.05) is 0 Å². The minimum Gasteiger partial charge on any atom is -0.480 e. The molecule has 8 nitrogen and oxygen atoms in total. The van der Waals surface area contributed by atoms with Gasteiger partial charge in [-0.3, -0.25) is 0 Å². The van der Waals surface area contributed by atoms with Crippen molar-refractivity contribution in [3.63, 3.8) is 0 Å². The van der Waals surface area contributed by atoms with Gasteiger partial charge < -0.3 is 20.3 Å². The highest BCUT2D eigenvalue weighted by Crippen LogP contribution is 2.00. The van der Waals surface area contributed by atoms with Crippen LogP contribution >= 0.6 is 0 Å². The van der Waals surface area contributed by atoms with E-state index in [2.05, 4.69) is 25.3 Å². The molecule has 18 heavy (non-hydrogen) atoms. The van der Waals surface area contributed by atoms with Gasteiger partial charge in [0.05, 0.1) is 6.54 Å². The molecule has 100 valence electrons. The van der Waals surface area contributed by atoms with E-state index in [0.717, 1.165) is 19.2 Å². The molecule has 0 aliphatic rings. The van der Waals surface area contributed by atoms with Crippen LogP contribution in [0.3, 0.4) is 0 Å². The Morgan fingerprint density at radius 2 is 2.33 bits per heavy atom. The molecule has 0 aliphatic carbocycles. The number of urea groups is 1. The zero-order chi connectivity index (χ0) is 13.4. The van der Waals surface area contributed by atoms with Gasteiger partial charge >= 0.3 is 12.0 Å². The number of rotatable bonds is 7. The van der Waals surface area contributed by atoms with Crippen molar-refractivity contribution in [1.29, 1.82) is 0 Å². The number of hydrogen-bond donors (Lipinski definition) is 3. The maximum Gasteiger partial charge on any atom is 0.326 e. The summed E-state index contributed by atoms with van der Waals surface area (Å²) < 4.78 is 4.49. The van der Waals surface area contributed by atoms with E-state index in [1.54, 1.807) is 0 Å². The van der Waals surface area contributed by atoms with Gasteiger partial charge in [-0.05, 0) is 6.42 Å². The molecule has 0 radical (unpaired) electrons. The fraction of sp³-hybridized carbons (Fsp3) is 0.600. The molecule has 3 N–H and O–H groups in total. The molecular weight excluding hydrogens is 240 g/mol. The molecule has 0 fully saturated rings. The fourth-order valence-electron chi connectivity index (χ4n) is 1.30. The van der Waals surface area contributed by atoms with Crippen molar-refractivity contribution in [3.8, 4) is 0 Å². The van der Waals surface area contributed by atoms with Crippen molar-refractivity contribution in [1.82, 2.24) is 20.8 Å². The van der Waals surface area contributed by atoms with E-state index in [9.17, 15) is 9.59 Å². The number of carbonyl (C=O) groups is 2. The zero-order valence-electron chi connectivity index (χ0n) is 10.0. The summed E-state index contributed by atoms with van der Waals surface area (Å²) >= 11 is 0. The third-order valence-corrected chi connectivity index (χ3v) is 2.26. The van der Waals surface area contributed by atoms with Gasteiger partial charge in [0.2, 0.25) is 6.39 Å². The summed E-state index contributed by atoms with van der Waals surface area (Å²) in [6.07, 6.45) is 3.16. The lowest BCUT2D eigenvalue weighted by molar-refractivity contribution is -0.139. The SMILES string of the molecule is CCCCC(NC(=O)NCc1ncon1)C(=O)O. The lowest BCUT2D eigenvalue weighted by atomic mass is 10.1. The molecule has 1 aromatic heterocycles. The lowest BCUT2D eigenvalue weighted by Gasteiger charge is -2.14. The Balaban J connectivity index is 2.34. The van der Waals surface area contributed by atoms with Crippen molar-refractivity contribution in [2.45, 2.75) is 38.8 Å². The van der Waals surface area contributed by atoms with Gasteiger partial charge in [0.25, 0.3) is 0 Å². The number of carboxylic acids is 1. The monoisotopic (exact) mass is 256 g/mol. The number of aliphatic carboxylic acids is 1. The van der Waals surface area contributed by atoms with Crippen LogP contribution in [0.5, 0.6) is 0 Å². The third kappa shape index (κ3) is 4.81. The van der Waals surface area contributed by atoms with Crippen LogP contribution in [0.1, 0.15) is 32.0 Å². The molecule has 1 aromatic rings. The van der Waals surface area contributed by atoms with Crippen LogP contribution in [0.2, 0.25) is 0 Å². The predicted molar refractivity (Wildman–Crippen MR) is 60.6 cm³/mol. The van der Waals surface area contributed by atoms with Crippen molar-refractivity contribution < 1.29 is 19.2 Å². The summed E-state index contributed by atoms with van der Waals surface area (Å²) in [5.74, 6) is -0.719. The maximum atomic E-state index is 11.4. The van der Waals surface area contributed by atoms with Crippen LogP contribution < -0.4 is 10.6 Å². The molecule has 2 amide bonds. The Hall–Kier alpha value is -2.12. The highest BCUT2D eigenvalue weighted by atomic mass is 16.5. The quantitative estimate of drug-likeness (QED) is 0.654. The summed E-state index contributed by atoms with van der Waals surface area (Å²) in [5, 5.41) is 17.3. The molecule has 0 saturated heterocycles. The minimum atomic E-state index is -1.04. The average molecular weight is 256 g/mol. The number of nitrogens with zero attached hydrogens (tertiary/aromatic N) is 2. The number of nitrogens with one attached hydrogen (secondary N) is 2. The van der Waals surface area contributed by atoms with Crippen LogP contribution in [0.15, 0.2) is 10.9 Å². The molecule has 1 rings (SSSR count). The first-order chi connectivity index (χ1) is 8.63. The Morgan fingerprint density at radius 3 is 2.89 bits per heavy atom. The lowest BCUT2D eigenvalue weighted by Crippen LogP contribution is -2.45. The number of hydrogen-bond acceptors (Lipinski definition) is 5. The number of amides is 2. The smallest absolute Gasteiger partial charge is 0.326 e. The minimum absolute atomic E-state index is 0.0858. The summed E-state index contributed by atoms with van der Waals surface area (Å²) in [7, 11) is 0. The Bertz CT molecular complexity index is 379. The van der Waals surface area contributed by atoms with E-state index in [-0.39, 0.29) is 6.54 Å². The first kappa shape index (κ1) is 13.9. The largest absolute Gasteiger partial charge is 0.480 e. The number of aromatic nitrogens is 2. The van der Waals surface area contributed by atoms with Crippen molar-refractivity contribution >= 4 is 12.0 Å². The average Bonchev–Trinajstić information content (AvgIpc) is 2.84. The molecule has 0 aromatic carbocycles. The zero-order valence-corrected chi connectivity index (χ0v) is 10.0. The van der Waals surface area contributed by atoms with E-state index in [1.807, 2.05) is 6.92 Å². The predicted octanol–water partition coefficient (Wildman–Crippen LogP) is 0.512. The molecule has 1 atom stereocenters. The number of carboxylic acid groups (broad SMARTS) is 1. The highest BCUT2D eigenvalue weighted by molar-refractivity contribution is 5.82. The van der Waals surface area contributed by atoms with Gasteiger partial charge in [-0.2, -0.15) is 4.98 Å². The van der Waals surface area contributed by atoms with Crippen molar-refractivity contribution in [3.05, 3.63) is 12.2 Å². The van der Waals surface area contributed by atoms with Gasteiger partial charge in [-0.25, -0.2) is 9.59 Å². The van der Waals surface area contributed by atoms with Crippen LogP contribution in [-0.4, -0.2) is 33.3 Å². The summed E-state index contributed by atoms with van der Waals surface area (Å²) in [4.78, 5) is 26.1. The third-order valence-electron chi connectivity index (χ3n) is 2.26. The van der Waals surface area contributed by atoms with E-state index in [0.29, 0.717) is 12.2 Å². The van der Waals surface area contributed by atoms with E-state index in [1.165, 1.54) is 0 Å². The maximum absolute atomic E-state index is 11.4. The van der Waals surface area contributed by atoms with E-state index in [4.69, 9.17) is 5.11 Å². The second-order valence-corrected chi connectivity index (χ2v) is 3.71. The molecule has 0 saturated carbocycles. The Labute approximate surface area is 104 Å². The normalized spacial score (nSPS) is 11.8. The van der Waals surface area contributed by atoms with Crippen LogP contribution in [0.4, 0.5) is 4.79 Å². The van der Waals surface area contributed by atoms with Crippen LogP contribution in [0.25, 0.3) is 0 Å². The molecule has 0 spiro atoms. The van der Waals surface area contributed by atoms with Crippen molar-refractivity contribution in [2.24, 2.45) is 0 Å². The van der Waals surface area contributed by atoms with Gasteiger partial charge in [0.15, 0.2) is 5.82 Å². The van der Waals surface area contributed by atoms with Crippen LogP contribution in [0, 0.1) is 0 Å². The first-order valence-corrected chi connectivity index (χ1v) is 5.66. The topological polar surface area (TPSA) is 117 Å². The molecule has 1 unspecified atom stereocenters. The highest BCUT2D eigenvalue weighted by Gasteiger charge is 2.18. The summed E-state index contributed by atoms with van der Waals surface area (Å²) in [5.41, 5.74) is 0. The molecular formula is C10H16N4O4. The second-order valence-electron chi connectivity index (χ2n) is 3.71. The van der Waals surface area contributed by atoms with Crippen molar-refractivity contribution in [2.75, 3.05) is 0 Å². The van der Waals surface area contributed by atoms with Gasteiger partial charge in [-0.1, -0.05) is 24.9 Å². The standard InChI is InChI=1S/C10H16N4O4/c1-2-3-4-7(9(15)16)13-10(17)11-5-8-12-6-18-14-8/h6-7H,2-5H2,1H3,(H,15,16)(H2,11,13,17). The molecule has 1 heterocycles. The summed E-state index contributed by atoms with van der Waals surface area (Å²) in [6.45, 7) is 2.04. The van der Waals surface area contributed by atoms with Gasteiger partial charge in [0.1, 0.15) is 6.04 Å². The molecule has 0 aliphatic heterocycles. The van der Waals surface area contributed by atoms with E-state index < -0.39 is 18.0 Å². The first-order valence-electron chi connectivity index (χ1n) is 5.66. The van der Waals surface area contributed by atoms with Gasteiger partial charge in [-0.15, -0.1) is 0 Å². The van der Waals surface area contributed by atoms with E-state index >= 15 is 0 Å². The summed E-state index contributed by atoms with van der Waals surface area (Å²) in [6, 6.07) is -1.45. The fourth-order valence-corrected chi connectivity index (χ4v) is 1.30. The number of carbonyl (C=O) groups excluding carboxylic acids is 1. The van der Waals surface area contributed by atoms with Crippen LogP contribution in [-0.2, 0) is 11.3 Å². The Kier molecular flexibility index (Phi) is 5.62.